The second-order valence-corrected chi connectivity index (χ2v) is 5.65. The number of hydrogen-bond donors (Lipinski definition) is 2. The van der Waals surface area contributed by atoms with Crippen molar-refractivity contribution in [1.82, 2.24) is 20.8 Å². The number of hydrogen-bond acceptors (Lipinski definition) is 5. The molecule has 138 valence electrons. The summed E-state index contributed by atoms with van der Waals surface area (Å²) in [6.45, 7) is 5.64. The average Bonchev–Trinajstić information content (AvgIpc) is 3.02. The number of rotatable bonds is 7. The zero-order valence-corrected chi connectivity index (χ0v) is 17.5. The monoisotopic (exact) mass is 479 g/mol. The number of methoxy groups -OCH3 is 1. The minimum Gasteiger partial charge on any atom is -0.383 e. The maximum Gasteiger partial charge on any atom is 0.248 e. The maximum absolute atomic E-state index is 5.98. The first-order chi connectivity index (χ1) is 11.6. The van der Waals surface area contributed by atoms with Crippen LogP contribution in [0.5, 0.6) is 0 Å². The molecule has 0 aliphatic carbocycles. The highest BCUT2D eigenvalue weighted by Crippen LogP contribution is 2.19. The number of aromatic nitrogens is 2. The molecule has 25 heavy (non-hydrogen) atoms. The van der Waals surface area contributed by atoms with Gasteiger partial charge in [-0.25, -0.2) is 4.99 Å². The van der Waals surface area contributed by atoms with Crippen LogP contribution in [0, 0.1) is 0 Å². The van der Waals surface area contributed by atoms with Crippen LogP contribution in [0.1, 0.15) is 19.7 Å². The molecule has 7 nitrogen and oxygen atoms in total. The third kappa shape index (κ3) is 7.17. The second-order valence-electron chi connectivity index (χ2n) is 5.22. The summed E-state index contributed by atoms with van der Waals surface area (Å²) in [6.07, 6.45) is 0. The molecule has 0 amide bonds. The van der Waals surface area contributed by atoms with Crippen molar-refractivity contribution in [2.24, 2.45) is 4.99 Å². The summed E-state index contributed by atoms with van der Waals surface area (Å²) in [5.41, 5.74) is 0.806. The largest absolute Gasteiger partial charge is 0.383 e. The van der Waals surface area contributed by atoms with Gasteiger partial charge in [0.2, 0.25) is 11.7 Å². The number of benzene rings is 1. The van der Waals surface area contributed by atoms with Crippen molar-refractivity contribution in [3.63, 3.8) is 0 Å². The minimum absolute atomic E-state index is 0. The quantitative estimate of drug-likeness (QED) is 0.361. The van der Waals surface area contributed by atoms with Crippen molar-refractivity contribution in [3.05, 3.63) is 35.2 Å². The van der Waals surface area contributed by atoms with E-state index in [0.29, 0.717) is 29.3 Å². The molecular formula is C16H23ClIN5O2. The Hall–Kier alpha value is -1.39. The molecule has 0 saturated carbocycles. The van der Waals surface area contributed by atoms with Crippen LogP contribution >= 0.6 is 35.6 Å². The van der Waals surface area contributed by atoms with Crippen molar-refractivity contribution >= 4 is 41.5 Å². The summed E-state index contributed by atoms with van der Waals surface area (Å²) in [7, 11) is 1.66. The van der Waals surface area contributed by atoms with Gasteiger partial charge in [-0.1, -0.05) is 28.9 Å². The Balaban J connectivity index is 0.00000312. The van der Waals surface area contributed by atoms with Crippen molar-refractivity contribution in [2.45, 2.75) is 26.4 Å². The molecule has 0 saturated heterocycles. The van der Waals surface area contributed by atoms with Crippen LogP contribution in [0.3, 0.4) is 0 Å². The van der Waals surface area contributed by atoms with Gasteiger partial charge < -0.3 is 19.9 Å². The molecule has 0 radical (unpaired) electrons. The smallest absolute Gasteiger partial charge is 0.248 e. The minimum atomic E-state index is 0. The highest BCUT2D eigenvalue weighted by atomic mass is 127. The Morgan fingerprint density at radius 1 is 1.44 bits per heavy atom. The van der Waals surface area contributed by atoms with E-state index in [2.05, 4.69) is 25.8 Å². The van der Waals surface area contributed by atoms with Crippen molar-refractivity contribution < 1.29 is 9.26 Å². The molecule has 1 unspecified atom stereocenters. The van der Waals surface area contributed by atoms with Gasteiger partial charge >= 0.3 is 0 Å². The number of guanidine groups is 1. The zero-order valence-electron chi connectivity index (χ0n) is 14.5. The van der Waals surface area contributed by atoms with E-state index in [4.69, 9.17) is 20.9 Å². The van der Waals surface area contributed by atoms with Crippen molar-refractivity contribution in [1.29, 1.82) is 0 Å². The first-order valence-corrected chi connectivity index (χ1v) is 8.12. The molecule has 2 N–H and O–H groups in total. The van der Waals surface area contributed by atoms with Crippen LogP contribution < -0.4 is 10.6 Å². The fourth-order valence-electron chi connectivity index (χ4n) is 2.06. The van der Waals surface area contributed by atoms with E-state index >= 15 is 0 Å². The molecule has 0 bridgehead atoms. The summed E-state index contributed by atoms with van der Waals surface area (Å²) >= 11 is 5.98. The normalized spacial score (nSPS) is 12.4. The van der Waals surface area contributed by atoms with Gasteiger partial charge in [-0.2, -0.15) is 4.98 Å². The van der Waals surface area contributed by atoms with E-state index in [1.54, 1.807) is 19.2 Å². The van der Waals surface area contributed by atoms with E-state index in [0.717, 1.165) is 12.1 Å². The lowest BCUT2D eigenvalue weighted by Crippen LogP contribution is -2.43. The van der Waals surface area contributed by atoms with Gasteiger partial charge in [0.25, 0.3) is 0 Å². The fraction of sp³-hybridized carbons (Fsp3) is 0.438. The lowest BCUT2D eigenvalue weighted by Gasteiger charge is -2.16. The van der Waals surface area contributed by atoms with E-state index in [-0.39, 0.29) is 36.6 Å². The molecule has 0 spiro atoms. The van der Waals surface area contributed by atoms with Gasteiger partial charge in [-0.15, -0.1) is 24.0 Å². The Morgan fingerprint density at radius 3 is 2.92 bits per heavy atom. The molecule has 1 heterocycles. The van der Waals surface area contributed by atoms with E-state index in [9.17, 15) is 0 Å². The van der Waals surface area contributed by atoms with Crippen LogP contribution in [0.25, 0.3) is 11.4 Å². The fourth-order valence-corrected chi connectivity index (χ4v) is 2.25. The Morgan fingerprint density at radius 2 is 2.24 bits per heavy atom. The third-order valence-electron chi connectivity index (χ3n) is 3.07. The van der Waals surface area contributed by atoms with Crippen LogP contribution in [-0.2, 0) is 11.3 Å². The Labute approximate surface area is 169 Å². The standard InChI is InChI=1S/C16H22ClN5O2.HI/c1-4-18-16(20-11(2)10-23-3)19-9-14-21-15(22-24-14)12-6-5-7-13(17)8-12;/h5-8,11H,4,9-10H2,1-3H3,(H2,18,19,20);1H. The summed E-state index contributed by atoms with van der Waals surface area (Å²) in [6, 6.07) is 7.44. The third-order valence-corrected chi connectivity index (χ3v) is 3.30. The lowest BCUT2D eigenvalue weighted by atomic mass is 10.2. The summed E-state index contributed by atoms with van der Waals surface area (Å²) in [4.78, 5) is 8.79. The number of nitrogens with zero attached hydrogens (tertiary/aromatic N) is 3. The zero-order chi connectivity index (χ0) is 17.4. The number of aliphatic imine (C=N–C) groups is 1. The van der Waals surface area contributed by atoms with Gasteiger partial charge in [0.05, 0.1) is 6.61 Å². The molecule has 2 rings (SSSR count). The SMILES string of the molecule is CCNC(=NCc1nc(-c2cccc(Cl)c2)no1)NC(C)COC.I. The van der Waals surface area contributed by atoms with Gasteiger partial charge in [0, 0.05) is 30.3 Å². The molecule has 9 heteroatoms. The van der Waals surface area contributed by atoms with E-state index < -0.39 is 0 Å². The van der Waals surface area contributed by atoms with Crippen molar-refractivity contribution in [2.75, 3.05) is 20.3 Å². The average molecular weight is 480 g/mol. The topological polar surface area (TPSA) is 84.6 Å². The van der Waals surface area contributed by atoms with Crippen LogP contribution in [-0.4, -0.2) is 42.4 Å². The Bertz CT molecular complexity index is 680. The molecule has 1 aromatic heterocycles. The molecule has 0 fully saturated rings. The van der Waals surface area contributed by atoms with Crippen molar-refractivity contribution in [3.8, 4) is 11.4 Å². The molecule has 0 aliphatic heterocycles. The number of nitrogens with one attached hydrogen (secondary N) is 2. The van der Waals surface area contributed by atoms with E-state index in [1.807, 2.05) is 26.0 Å². The highest BCUT2D eigenvalue weighted by Gasteiger charge is 2.10. The lowest BCUT2D eigenvalue weighted by molar-refractivity contribution is 0.179. The van der Waals surface area contributed by atoms with Gasteiger partial charge in [-0.3, -0.25) is 0 Å². The number of ether oxygens (including phenoxy) is 1. The van der Waals surface area contributed by atoms with Crippen LogP contribution in [0.15, 0.2) is 33.8 Å². The van der Waals surface area contributed by atoms with Crippen LogP contribution in [0.4, 0.5) is 0 Å². The molecular weight excluding hydrogens is 457 g/mol. The van der Waals surface area contributed by atoms with Gasteiger partial charge in [0.15, 0.2) is 5.96 Å². The summed E-state index contributed by atoms with van der Waals surface area (Å²) < 4.78 is 10.4. The predicted octanol–water partition coefficient (Wildman–Crippen LogP) is 3.10. The summed E-state index contributed by atoms with van der Waals surface area (Å²) in [5.74, 6) is 1.60. The van der Waals surface area contributed by atoms with Gasteiger partial charge in [0.1, 0.15) is 6.54 Å². The molecule has 1 atom stereocenters. The molecule has 0 aliphatic rings. The Kier molecular flexibility index (Phi) is 9.76. The van der Waals surface area contributed by atoms with Gasteiger partial charge in [-0.05, 0) is 26.0 Å². The maximum atomic E-state index is 5.98. The van der Waals surface area contributed by atoms with Crippen LogP contribution in [0.2, 0.25) is 5.02 Å². The predicted molar refractivity (Wildman–Crippen MR) is 109 cm³/mol. The number of halogens is 2. The van der Waals surface area contributed by atoms with E-state index in [1.165, 1.54) is 0 Å². The molecule has 2 aromatic rings. The first-order valence-electron chi connectivity index (χ1n) is 7.74. The molecule has 1 aromatic carbocycles. The second kappa shape index (κ2) is 11.3. The highest BCUT2D eigenvalue weighted by molar-refractivity contribution is 14.0. The summed E-state index contributed by atoms with van der Waals surface area (Å²) in [5, 5.41) is 11.0. The first kappa shape index (κ1) is 21.7.